The summed E-state index contributed by atoms with van der Waals surface area (Å²) in [6.45, 7) is 3.03. The van der Waals surface area contributed by atoms with Gasteiger partial charge in [-0.25, -0.2) is 19.6 Å². The minimum atomic E-state index is -0.351. The minimum absolute atomic E-state index is 0.125. The minimum Gasteiger partial charge on any atom is -0.496 e. The van der Waals surface area contributed by atoms with E-state index in [1.54, 1.807) is 50.7 Å². The number of carbonyl (C=O) groups is 1. The van der Waals surface area contributed by atoms with Gasteiger partial charge in [0, 0.05) is 25.5 Å². The molecule has 0 fully saturated rings. The van der Waals surface area contributed by atoms with Crippen LogP contribution < -0.4 is 15.0 Å². The molecule has 0 saturated carbocycles. The van der Waals surface area contributed by atoms with E-state index in [4.69, 9.17) is 4.74 Å². The Kier molecular flexibility index (Phi) is 6.50. The first-order chi connectivity index (χ1) is 17.6. The Hall–Kier alpha value is -4.45. The van der Waals surface area contributed by atoms with Crippen molar-refractivity contribution in [3.8, 4) is 17.3 Å². The Bertz CT molecular complexity index is 1380. The van der Waals surface area contributed by atoms with Gasteiger partial charge < -0.3 is 20.1 Å². The predicted molar refractivity (Wildman–Crippen MR) is 131 cm³/mol. The van der Waals surface area contributed by atoms with Crippen LogP contribution in [0.15, 0.2) is 48.8 Å². The van der Waals surface area contributed by atoms with Crippen LogP contribution in [-0.2, 0) is 13.0 Å². The zero-order valence-electron chi connectivity index (χ0n) is 19.9. The zero-order chi connectivity index (χ0) is 25.1. The third kappa shape index (κ3) is 4.58. The second-order valence-electron chi connectivity index (χ2n) is 8.38. The number of anilines is 2. The van der Waals surface area contributed by atoms with Crippen molar-refractivity contribution >= 4 is 17.7 Å². The third-order valence-corrected chi connectivity index (χ3v) is 6.01. The molecule has 1 unspecified atom stereocenters. The maximum absolute atomic E-state index is 13.3. The van der Waals surface area contributed by atoms with Crippen molar-refractivity contribution < 1.29 is 14.6 Å². The van der Waals surface area contributed by atoms with Gasteiger partial charge in [-0.15, -0.1) is 5.10 Å². The molecule has 12 heteroatoms. The number of fused-ring (bicyclic) bond motifs is 1. The third-order valence-electron chi connectivity index (χ3n) is 6.01. The summed E-state index contributed by atoms with van der Waals surface area (Å²) in [5.41, 5.74) is 3.01. The van der Waals surface area contributed by atoms with Crippen molar-refractivity contribution in [2.24, 2.45) is 0 Å². The van der Waals surface area contributed by atoms with Gasteiger partial charge in [0.1, 0.15) is 17.3 Å². The number of hydrogen-bond acceptors (Lipinski definition) is 10. The zero-order valence-corrected chi connectivity index (χ0v) is 19.9. The smallest absolute Gasteiger partial charge is 0.260 e. The highest BCUT2D eigenvalue weighted by Gasteiger charge is 2.23. The van der Waals surface area contributed by atoms with Crippen molar-refractivity contribution in [2.75, 3.05) is 30.5 Å². The summed E-state index contributed by atoms with van der Waals surface area (Å²) < 4.78 is 7.03. The Morgan fingerprint density at radius 2 is 2.03 bits per heavy atom. The van der Waals surface area contributed by atoms with Crippen LogP contribution >= 0.6 is 0 Å². The summed E-state index contributed by atoms with van der Waals surface area (Å²) in [5.74, 6) is 1.53. The standard InChI is InChI=1S/C24H25N9O3/c1-15(14-34)33-22(29-30-31-33)19-5-3-6-21(27-19)28-23(35)18-11-17-13-32(24-25-8-4-9-26-24)10-7-16(17)12-20(18)36-2/h3-6,8-9,11-12,15,34H,7,10,13-14H2,1-2H3,(H,27,28,35). The first-order valence-electron chi connectivity index (χ1n) is 11.5. The lowest BCUT2D eigenvalue weighted by Crippen LogP contribution is -2.32. The number of ether oxygens (including phenoxy) is 1. The van der Waals surface area contributed by atoms with Gasteiger partial charge in [0.05, 0.1) is 25.3 Å². The number of nitrogens with zero attached hydrogens (tertiary/aromatic N) is 8. The van der Waals surface area contributed by atoms with Gasteiger partial charge in [-0.2, -0.15) is 0 Å². The Balaban J connectivity index is 1.40. The van der Waals surface area contributed by atoms with Crippen molar-refractivity contribution in [3.63, 3.8) is 0 Å². The maximum atomic E-state index is 13.3. The number of nitrogens with one attached hydrogen (secondary N) is 1. The summed E-state index contributed by atoms with van der Waals surface area (Å²) in [4.78, 5) is 28.6. The second kappa shape index (κ2) is 10.0. The first-order valence-corrected chi connectivity index (χ1v) is 11.5. The van der Waals surface area contributed by atoms with Crippen LogP contribution in [0.25, 0.3) is 11.5 Å². The molecular formula is C24H25N9O3. The fraction of sp³-hybridized carbons (Fsp3) is 0.292. The molecule has 1 aliphatic rings. The molecule has 0 spiro atoms. The van der Waals surface area contributed by atoms with Crippen LogP contribution in [0.2, 0.25) is 0 Å². The van der Waals surface area contributed by atoms with E-state index in [0.717, 1.165) is 24.1 Å². The largest absolute Gasteiger partial charge is 0.496 e. The predicted octanol–water partition coefficient (Wildman–Crippen LogP) is 1.90. The SMILES string of the molecule is COc1cc2c(cc1C(=O)Nc1cccc(-c3nnnn3C(C)CO)n1)CN(c1ncccn1)CC2. The van der Waals surface area contributed by atoms with E-state index >= 15 is 0 Å². The number of tetrazole rings is 1. The molecule has 1 aromatic carbocycles. The summed E-state index contributed by atoms with van der Waals surface area (Å²) in [6.07, 6.45) is 4.22. The molecule has 0 saturated heterocycles. The van der Waals surface area contributed by atoms with E-state index in [9.17, 15) is 9.90 Å². The van der Waals surface area contributed by atoms with Gasteiger partial charge in [-0.05, 0) is 65.2 Å². The van der Waals surface area contributed by atoms with Gasteiger partial charge in [0.15, 0.2) is 0 Å². The lowest BCUT2D eigenvalue weighted by atomic mass is 9.96. The van der Waals surface area contributed by atoms with Gasteiger partial charge in [0.25, 0.3) is 5.91 Å². The van der Waals surface area contributed by atoms with Gasteiger partial charge in [0.2, 0.25) is 11.8 Å². The monoisotopic (exact) mass is 487 g/mol. The Morgan fingerprint density at radius 1 is 1.19 bits per heavy atom. The van der Waals surface area contributed by atoms with Crippen LogP contribution in [0.1, 0.15) is 34.5 Å². The van der Waals surface area contributed by atoms with E-state index < -0.39 is 0 Å². The average Bonchev–Trinajstić information content (AvgIpc) is 3.42. The van der Waals surface area contributed by atoms with Crippen molar-refractivity contribution in [1.29, 1.82) is 0 Å². The molecule has 0 aliphatic carbocycles. The number of rotatable bonds is 7. The highest BCUT2D eigenvalue weighted by atomic mass is 16.5. The molecule has 184 valence electrons. The van der Waals surface area contributed by atoms with Gasteiger partial charge in [-0.3, -0.25) is 4.79 Å². The number of amides is 1. The van der Waals surface area contributed by atoms with Crippen molar-refractivity contribution in [1.82, 2.24) is 35.2 Å². The molecule has 4 heterocycles. The molecule has 12 nitrogen and oxygen atoms in total. The molecule has 36 heavy (non-hydrogen) atoms. The number of benzene rings is 1. The number of aliphatic hydroxyl groups is 1. The second-order valence-corrected chi connectivity index (χ2v) is 8.38. The summed E-state index contributed by atoms with van der Waals surface area (Å²) in [6, 6.07) is 10.4. The van der Waals surface area contributed by atoms with Crippen LogP contribution in [0.3, 0.4) is 0 Å². The molecule has 0 bridgehead atoms. The highest BCUT2D eigenvalue weighted by Crippen LogP contribution is 2.30. The fourth-order valence-corrected chi connectivity index (χ4v) is 4.11. The maximum Gasteiger partial charge on any atom is 0.260 e. The Morgan fingerprint density at radius 3 is 2.81 bits per heavy atom. The fourth-order valence-electron chi connectivity index (χ4n) is 4.11. The first kappa shape index (κ1) is 23.3. The summed E-state index contributed by atoms with van der Waals surface area (Å²) in [7, 11) is 1.55. The number of aromatic nitrogens is 7. The molecule has 0 radical (unpaired) electrons. The lowest BCUT2D eigenvalue weighted by molar-refractivity contribution is 0.102. The van der Waals surface area contributed by atoms with Crippen LogP contribution in [0.5, 0.6) is 5.75 Å². The number of aliphatic hydroxyl groups excluding tert-OH is 1. The molecule has 4 aromatic rings. The molecule has 3 aromatic heterocycles. The van der Waals surface area contributed by atoms with Crippen molar-refractivity contribution in [3.05, 3.63) is 65.5 Å². The molecule has 1 aliphatic heterocycles. The number of hydrogen-bond donors (Lipinski definition) is 2. The highest BCUT2D eigenvalue weighted by molar-refractivity contribution is 6.06. The average molecular weight is 488 g/mol. The number of methoxy groups -OCH3 is 1. The number of carbonyl (C=O) groups excluding carboxylic acids is 1. The van der Waals surface area contributed by atoms with Gasteiger partial charge >= 0.3 is 0 Å². The Labute approximate surface area is 207 Å². The summed E-state index contributed by atoms with van der Waals surface area (Å²) >= 11 is 0. The van der Waals surface area contributed by atoms with E-state index in [1.165, 1.54) is 4.68 Å². The van der Waals surface area contributed by atoms with Crippen molar-refractivity contribution in [2.45, 2.75) is 25.9 Å². The van der Waals surface area contributed by atoms with E-state index in [2.05, 4.69) is 40.7 Å². The molecule has 5 rings (SSSR count). The molecule has 1 amide bonds. The normalized spacial score (nSPS) is 13.7. The van der Waals surface area contributed by atoms with E-state index in [-0.39, 0.29) is 18.6 Å². The topological polar surface area (TPSA) is 144 Å². The number of pyridine rings is 1. The van der Waals surface area contributed by atoms with Crippen LogP contribution in [-0.4, -0.2) is 66.4 Å². The van der Waals surface area contributed by atoms with Gasteiger partial charge in [-0.1, -0.05) is 6.07 Å². The van der Waals surface area contributed by atoms with Crippen LogP contribution in [0.4, 0.5) is 11.8 Å². The summed E-state index contributed by atoms with van der Waals surface area (Å²) in [5, 5.41) is 24.0. The molecule has 2 N–H and O–H groups in total. The lowest BCUT2D eigenvalue weighted by Gasteiger charge is -2.29. The van der Waals surface area contributed by atoms with E-state index in [1.807, 2.05) is 12.1 Å². The molecule has 1 atom stereocenters. The van der Waals surface area contributed by atoms with Crippen LogP contribution in [0, 0.1) is 0 Å². The quantitative estimate of drug-likeness (QED) is 0.396. The molecular weight excluding hydrogens is 462 g/mol. The van der Waals surface area contributed by atoms with E-state index in [0.29, 0.717) is 41.1 Å².